The van der Waals surface area contributed by atoms with Crippen LogP contribution in [0.2, 0.25) is 0 Å². The number of aliphatic hydroxyl groups is 2. The maximum Gasteiger partial charge on any atom is 0.146 e. The molecule has 0 atom stereocenters. The molecule has 0 amide bonds. The van der Waals surface area contributed by atoms with E-state index in [1.165, 1.54) is 6.07 Å². The Morgan fingerprint density at radius 2 is 2.00 bits per heavy atom. The summed E-state index contributed by atoms with van der Waals surface area (Å²) < 4.78 is 19.4. The number of nitrogens with zero attached hydrogens (tertiary/aromatic N) is 1. The Labute approximate surface area is 112 Å². The van der Waals surface area contributed by atoms with E-state index in [0.29, 0.717) is 30.9 Å². The van der Waals surface area contributed by atoms with E-state index in [2.05, 4.69) is 0 Å². The third-order valence-corrected chi connectivity index (χ3v) is 3.44. The molecule has 1 aliphatic heterocycles. The first-order valence-corrected chi connectivity index (χ1v) is 6.62. The van der Waals surface area contributed by atoms with Crippen LogP contribution in [0.15, 0.2) is 18.2 Å². The summed E-state index contributed by atoms with van der Waals surface area (Å²) in [6, 6.07) is 4.77. The third-order valence-electron chi connectivity index (χ3n) is 3.44. The number of para-hydroxylation sites is 1. The van der Waals surface area contributed by atoms with Crippen molar-refractivity contribution in [2.24, 2.45) is 0 Å². The van der Waals surface area contributed by atoms with E-state index >= 15 is 0 Å². The average Bonchev–Trinajstić information content (AvgIpc) is 2.45. The lowest BCUT2D eigenvalue weighted by atomic mass is 10.0. The molecule has 1 fully saturated rings. The molecule has 1 saturated heterocycles. The van der Waals surface area contributed by atoms with E-state index < -0.39 is 0 Å². The maximum absolute atomic E-state index is 13.9. The van der Waals surface area contributed by atoms with Crippen LogP contribution < -0.4 is 4.90 Å². The molecule has 106 valence electrons. The highest BCUT2D eigenvalue weighted by atomic mass is 19.1. The molecular formula is C14H20FNO3. The molecule has 0 unspecified atom stereocenters. The Hall–Kier alpha value is -1.17. The summed E-state index contributed by atoms with van der Waals surface area (Å²) in [5.41, 5.74) is 1.13. The molecule has 0 spiro atoms. The number of hydrogen-bond donors (Lipinski definition) is 2. The molecule has 0 bridgehead atoms. The van der Waals surface area contributed by atoms with Gasteiger partial charge in [-0.3, -0.25) is 0 Å². The second-order valence-corrected chi connectivity index (χ2v) is 4.69. The van der Waals surface area contributed by atoms with Crippen LogP contribution in [-0.4, -0.2) is 42.6 Å². The predicted molar refractivity (Wildman–Crippen MR) is 70.6 cm³/mol. The van der Waals surface area contributed by atoms with Crippen LogP contribution >= 0.6 is 0 Å². The van der Waals surface area contributed by atoms with Gasteiger partial charge in [-0.25, -0.2) is 4.39 Å². The first-order valence-electron chi connectivity index (χ1n) is 6.62. The lowest BCUT2D eigenvalue weighted by Crippen LogP contribution is -2.38. The van der Waals surface area contributed by atoms with E-state index in [4.69, 9.17) is 9.84 Å². The van der Waals surface area contributed by atoms with E-state index in [1.54, 1.807) is 12.1 Å². The van der Waals surface area contributed by atoms with Gasteiger partial charge in [0.05, 0.1) is 31.6 Å². The molecule has 2 N–H and O–H groups in total. The number of piperidine rings is 1. The fraction of sp³-hybridized carbons (Fsp3) is 0.571. The monoisotopic (exact) mass is 269 g/mol. The molecule has 0 aliphatic carbocycles. The van der Waals surface area contributed by atoms with Gasteiger partial charge in [0.15, 0.2) is 0 Å². The normalized spacial score (nSPS) is 16.9. The predicted octanol–water partition coefficient (Wildman–Crippen LogP) is 1.30. The van der Waals surface area contributed by atoms with Gasteiger partial charge in [0.25, 0.3) is 0 Å². The highest BCUT2D eigenvalue weighted by Crippen LogP contribution is 2.28. The van der Waals surface area contributed by atoms with Crippen molar-refractivity contribution in [1.29, 1.82) is 0 Å². The van der Waals surface area contributed by atoms with Crippen LogP contribution in [0.1, 0.15) is 18.4 Å². The van der Waals surface area contributed by atoms with E-state index in [1.807, 2.05) is 4.90 Å². The van der Waals surface area contributed by atoms with Crippen molar-refractivity contribution < 1.29 is 19.3 Å². The van der Waals surface area contributed by atoms with E-state index in [-0.39, 0.29) is 25.1 Å². The number of ether oxygens (including phenoxy) is 1. The van der Waals surface area contributed by atoms with Gasteiger partial charge in [-0.15, -0.1) is 0 Å². The SMILES string of the molecule is OCCOC1CCN(c2c(F)cccc2CO)CC1. The summed E-state index contributed by atoms with van der Waals surface area (Å²) in [7, 11) is 0. The summed E-state index contributed by atoms with van der Waals surface area (Å²) >= 11 is 0. The number of halogens is 1. The molecule has 1 aromatic carbocycles. The van der Waals surface area contributed by atoms with Crippen LogP contribution in [0.25, 0.3) is 0 Å². The van der Waals surface area contributed by atoms with Gasteiger partial charge in [0, 0.05) is 18.7 Å². The van der Waals surface area contributed by atoms with Gasteiger partial charge in [-0.05, 0) is 18.9 Å². The largest absolute Gasteiger partial charge is 0.394 e. The van der Waals surface area contributed by atoms with Crippen molar-refractivity contribution in [2.45, 2.75) is 25.6 Å². The smallest absolute Gasteiger partial charge is 0.146 e. The molecule has 0 saturated carbocycles. The Morgan fingerprint density at radius 3 is 2.63 bits per heavy atom. The van der Waals surface area contributed by atoms with Gasteiger partial charge in [-0.2, -0.15) is 0 Å². The van der Waals surface area contributed by atoms with Gasteiger partial charge in [0.1, 0.15) is 5.82 Å². The van der Waals surface area contributed by atoms with Crippen molar-refractivity contribution in [3.63, 3.8) is 0 Å². The zero-order chi connectivity index (χ0) is 13.7. The molecule has 1 aromatic rings. The Morgan fingerprint density at radius 1 is 1.26 bits per heavy atom. The number of anilines is 1. The van der Waals surface area contributed by atoms with Gasteiger partial charge in [0.2, 0.25) is 0 Å². The summed E-state index contributed by atoms with van der Waals surface area (Å²) in [4.78, 5) is 1.96. The Kier molecular flexibility index (Phi) is 5.13. The van der Waals surface area contributed by atoms with E-state index in [9.17, 15) is 9.50 Å². The first kappa shape index (κ1) is 14.2. The minimum atomic E-state index is -0.290. The average molecular weight is 269 g/mol. The highest BCUT2D eigenvalue weighted by Gasteiger charge is 2.23. The number of benzene rings is 1. The molecule has 1 heterocycles. The van der Waals surface area contributed by atoms with Crippen LogP contribution in [0.3, 0.4) is 0 Å². The second-order valence-electron chi connectivity index (χ2n) is 4.69. The van der Waals surface area contributed by atoms with Crippen LogP contribution in [0, 0.1) is 5.82 Å². The molecule has 2 rings (SSSR count). The molecule has 19 heavy (non-hydrogen) atoms. The lowest BCUT2D eigenvalue weighted by molar-refractivity contribution is 0.0158. The molecule has 0 aromatic heterocycles. The maximum atomic E-state index is 13.9. The number of hydrogen-bond acceptors (Lipinski definition) is 4. The Bertz CT molecular complexity index is 406. The van der Waals surface area contributed by atoms with Crippen LogP contribution in [0.5, 0.6) is 0 Å². The standard InChI is InChI=1S/C14H20FNO3/c15-13-3-1-2-11(10-18)14(13)16-6-4-12(5-7-16)19-9-8-17/h1-3,12,17-18H,4-10H2. The number of aliphatic hydroxyl groups excluding tert-OH is 2. The van der Waals surface area contributed by atoms with Gasteiger partial charge < -0.3 is 19.8 Å². The van der Waals surface area contributed by atoms with Gasteiger partial charge >= 0.3 is 0 Å². The fourth-order valence-electron chi connectivity index (χ4n) is 2.51. The second kappa shape index (κ2) is 6.84. The van der Waals surface area contributed by atoms with Crippen molar-refractivity contribution in [3.8, 4) is 0 Å². The zero-order valence-electron chi connectivity index (χ0n) is 10.9. The van der Waals surface area contributed by atoms with Crippen molar-refractivity contribution in [1.82, 2.24) is 0 Å². The van der Waals surface area contributed by atoms with Gasteiger partial charge in [-0.1, -0.05) is 12.1 Å². The fourth-order valence-corrected chi connectivity index (χ4v) is 2.51. The zero-order valence-corrected chi connectivity index (χ0v) is 10.9. The lowest BCUT2D eigenvalue weighted by Gasteiger charge is -2.34. The van der Waals surface area contributed by atoms with E-state index in [0.717, 1.165) is 12.8 Å². The van der Waals surface area contributed by atoms with Crippen molar-refractivity contribution in [3.05, 3.63) is 29.6 Å². The third kappa shape index (κ3) is 3.43. The molecule has 4 nitrogen and oxygen atoms in total. The molecule has 5 heteroatoms. The number of rotatable bonds is 5. The minimum absolute atomic E-state index is 0.0299. The summed E-state index contributed by atoms with van der Waals surface area (Å²) in [5.74, 6) is -0.290. The molecular weight excluding hydrogens is 249 g/mol. The summed E-state index contributed by atoms with van der Waals surface area (Å²) in [6.07, 6.45) is 1.74. The Balaban J connectivity index is 2.01. The van der Waals surface area contributed by atoms with Crippen molar-refractivity contribution in [2.75, 3.05) is 31.2 Å². The topological polar surface area (TPSA) is 52.9 Å². The first-order chi connectivity index (χ1) is 9.26. The van der Waals surface area contributed by atoms with Crippen LogP contribution in [0.4, 0.5) is 10.1 Å². The minimum Gasteiger partial charge on any atom is -0.394 e. The quantitative estimate of drug-likeness (QED) is 0.846. The summed E-state index contributed by atoms with van der Waals surface area (Å²) in [6.45, 7) is 1.62. The molecule has 0 radical (unpaired) electrons. The van der Waals surface area contributed by atoms with Crippen molar-refractivity contribution >= 4 is 5.69 Å². The molecule has 1 aliphatic rings. The summed E-state index contributed by atoms with van der Waals surface area (Å²) in [5, 5.41) is 18.0. The van der Waals surface area contributed by atoms with Crippen LogP contribution in [-0.2, 0) is 11.3 Å². The highest BCUT2D eigenvalue weighted by molar-refractivity contribution is 5.55.